The number of allylic oxidation sites excluding steroid dienone is 2. The molecule has 0 fully saturated rings. The van der Waals surface area contributed by atoms with Gasteiger partial charge in [-0.3, -0.25) is 0 Å². The van der Waals surface area contributed by atoms with E-state index in [1.807, 2.05) is 0 Å². The molecule has 0 spiro atoms. The summed E-state index contributed by atoms with van der Waals surface area (Å²) in [6.45, 7) is 2.21. The monoisotopic (exact) mass is 193 g/mol. The van der Waals surface area contributed by atoms with Crippen LogP contribution in [-0.4, -0.2) is 0 Å². The summed E-state index contributed by atoms with van der Waals surface area (Å²) >= 11 is 0. The van der Waals surface area contributed by atoms with Crippen LogP contribution in [0.1, 0.15) is 64.7 Å². The molecule has 0 N–H and O–H groups in total. The molecule has 0 radical (unpaired) electrons. The van der Waals surface area contributed by atoms with Crippen LogP contribution in [0.4, 0.5) is 0 Å². The Kier molecular flexibility index (Phi) is 11.6. The SMILES string of the molecule is CCC/C=C/CCCCCCCC#N. The fraction of sp³-hybridized carbons (Fsp3) is 0.769. The van der Waals surface area contributed by atoms with Gasteiger partial charge in [-0.25, -0.2) is 0 Å². The molecule has 0 unspecified atom stereocenters. The van der Waals surface area contributed by atoms with Crippen molar-refractivity contribution < 1.29 is 0 Å². The van der Waals surface area contributed by atoms with Gasteiger partial charge in [-0.2, -0.15) is 5.26 Å². The predicted molar refractivity (Wildman–Crippen MR) is 62.0 cm³/mol. The molecule has 0 aromatic rings. The first-order valence-electron chi connectivity index (χ1n) is 5.93. The molecule has 1 heteroatoms. The summed E-state index contributed by atoms with van der Waals surface area (Å²) < 4.78 is 0. The highest BCUT2D eigenvalue weighted by Gasteiger charge is 1.88. The zero-order valence-corrected chi connectivity index (χ0v) is 9.47. The molecule has 0 rings (SSSR count). The third kappa shape index (κ3) is 11.2. The van der Waals surface area contributed by atoms with E-state index in [0.29, 0.717) is 0 Å². The Balaban J connectivity index is 2.96. The zero-order valence-electron chi connectivity index (χ0n) is 9.47. The molecular weight excluding hydrogens is 170 g/mol. The third-order valence-corrected chi connectivity index (χ3v) is 2.28. The van der Waals surface area contributed by atoms with Crippen molar-refractivity contribution in [3.05, 3.63) is 12.2 Å². The van der Waals surface area contributed by atoms with Crippen LogP contribution in [0.2, 0.25) is 0 Å². The number of hydrogen-bond donors (Lipinski definition) is 0. The highest BCUT2D eigenvalue weighted by atomic mass is 14.2. The molecule has 0 aliphatic rings. The molecule has 14 heavy (non-hydrogen) atoms. The van der Waals surface area contributed by atoms with Gasteiger partial charge in [-0.15, -0.1) is 0 Å². The van der Waals surface area contributed by atoms with Gasteiger partial charge in [0.15, 0.2) is 0 Å². The molecule has 80 valence electrons. The minimum absolute atomic E-state index is 0.733. The highest BCUT2D eigenvalue weighted by molar-refractivity contribution is 4.80. The standard InChI is InChI=1S/C13H23N/c1-2-3-4-5-6-7-8-9-10-11-12-13-14/h4-5H,2-3,6-12H2,1H3/b5-4+. The van der Waals surface area contributed by atoms with E-state index in [1.54, 1.807) is 0 Å². The van der Waals surface area contributed by atoms with Gasteiger partial charge in [0.25, 0.3) is 0 Å². The third-order valence-electron chi connectivity index (χ3n) is 2.28. The summed E-state index contributed by atoms with van der Waals surface area (Å²) in [5, 5.41) is 8.33. The van der Waals surface area contributed by atoms with Crippen molar-refractivity contribution in [3.8, 4) is 6.07 Å². The smallest absolute Gasteiger partial charge is 0.0621 e. The summed E-state index contributed by atoms with van der Waals surface area (Å²) in [6, 6.07) is 2.18. The average molecular weight is 193 g/mol. The number of hydrogen-bond acceptors (Lipinski definition) is 1. The topological polar surface area (TPSA) is 23.8 Å². The van der Waals surface area contributed by atoms with E-state index in [-0.39, 0.29) is 0 Å². The van der Waals surface area contributed by atoms with Gasteiger partial charge in [0.2, 0.25) is 0 Å². The zero-order chi connectivity index (χ0) is 10.5. The number of nitrogens with zero attached hydrogens (tertiary/aromatic N) is 1. The van der Waals surface area contributed by atoms with Crippen molar-refractivity contribution in [2.45, 2.75) is 64.7 Å². The fourth-order valence-electron chi connectivity index (χ4n) is 1.40. The molecule has 0 amide bonds. The summed E-state index contributed by atoms with van der Waals surface area (Å²) in [4.78, 5) is 0. The van der Waals surface area contributed by atoms with Crippen LogP contribution < -0.4 is 0 Å². The summed E-state index contributed by atoms with van der Waals surface area (Å²) in [5.41, 5.74) is 0. The van der Waals surface area contributed by atoms with Crippen LogP contribution in [-0.2, 0) is 0 Å². The largest absolute Gasteiger partial charge is 0.198 e. The lowest BCUT2D eigenvalue weighted by atomic mass is 10.1. The van der Waals surface area contributed by atoms with Crippen molar-refractivity contribution in [3.63, 3.8) is 0 Å². The first kappa shape index (κ1) is 13.2. The second-order valence-corrected chi connectivity index (χ2v) is 3.72. The van der Waals surface area contributed by atoms with E-state index in [9.17, 15) is 0 Å². The Hall–Kier alpha value is -0.770. The Labute approximate surface area is 88.8 Å². The fourth-order valence-corrected chi connectivity index (χ4v) is 1.40. The maximum atomic E-state index is 8.33. The summed E-state index contributed by atoms with van der Waals surface area (Å²) in [6.07, 6.45) is 15.3. The Morgan fingerprint density at radius 1 is 0.929 bits per heavy atom. The number of nitriles is 1. The Morgan fingerprint density at radius 3 is 2.29 bits per heavy atom. The van der Waals surface area contributed by atoms with Crippen LogP contribution in [0.15, 0.2) is 12.2 Å². The van der Waals surface area contributed by atoms with E-state index in [0.717, 1.165) is 12.8 Å². The van der Waals surface area contributed by atoms with E-state index in [1.165, 1.54) is 44.9 Å². The van der Waals surface area contributed by atoms with Crippen LogP contribution in [0.5, 0.6) is 0 Å². The second kappa shape index (κ2) is 12.2. The van der Waals surface area contributed by atoms with Gasteiger partial charge in [0.05, 0.1) is 6.07 Å². The van der Waals surface area contributed by atoms with Gasteiger partial charge in [0, 0.05) is 6.42 Å². The normalized spacial score (nSPS) is 10.6. The quantitative estimate of drug-likeness (QED) is 0.388. The first-order chi connectivity index (χ1) is 6.91. The van der Waals surface area contributed by atoms with Gasteiger partial charge in [0.1, 0.15) is 0 Å². The number of unbranched alkanes of at least 4 members (excludes halogenated alkanes) is 7. The van der Waals surface area contributed by atoms with Gasteiger partial charge >= 0.3 is 0 Å². The van der Waals surface area contributed by atoms with Crippen LogP contribution in [0.25, 0.3) is 0 Å². The molecule has 0 heterocycles. The minimum Gasteiger partial charge on any atom is -0.198 e. The lowest BCUT2D eigenvalue weighted by molar-refractivity contribution is 0.623. The maximum absolute atomic E-state index is 8.33. The lowest BCUT2D eigenvalue weighted by Crippen LogP contribution is -1.78. The van der Waals surface area contributed by atoms with Crippen LogP contribution in [0.3, 0.4) is 0 Å². The van der Waals surface area contributed by atoms with E-state index < -0.39 is 0 Å². The molecular formula is C13H23N. The predicted octanol–water partition coefficient (Wildman–Crippen LogP) is 4.60. The van der Waals surface area contributed by atoms with Crippen molar-refractivity contribution >= 4 is 0 Å². The van der Waals surface area contributed by atoms with Crippen molar-refractivity contribution in [2.75, 3.05) is 0 Å². The first-order valence-corrected chi connectivity index (χ1v) is 5.93. The summed E-state index contributed by atoms with van der Waals surface area (Å²) in [5.74, 6) is 0. The molecule has 0 aromatic carbocycles. The van der Waals surface area contributed by atoms with Crippen LogP contribution in [0, 0.1) is 11.3 Å². The molecule has 0 aromatic heterocycles. The van der Waals surface area contributed by atoms with E-state index in [2.05, 4.69) is 25.1 Å². The molecule has 0 atom stereocenters. The molecule has 1 nitrogen and oxygen atoms in total. The molecule has 0 aliphatic carbocycles. The molecule has 0 bridgehead atoms. The number of rotatable bonds is 9. The van der Waals surface area contributed by atoms with Crippen molar-refractivity contribution in [1.82, 2.24) is 0 Å². The van der Waals surface area contributed by atoms with E-state index in [4.69, 9.17) is 5.26 Å². The van der Waals surface area contributed by atoms with Crippen molar-refractivity contribution in [2.24, 2.45) is 0 Å². The Bertz CT molecular complexity index is 165. The average Bonchev–Trinajstić information content (AvgIpc) is 2.21. The van der Waals surface area contributed by atoms with Gasteiger partial charge in [-0.05, 0) is 25.7 Å². The summed E-state index contributed by atoms with van der Waals surface area (Å²) in [7, 11) is 0. The van der Waals surface area contributed by atoms with Gasteiger partial charge in [-0.1, -0.05) is 44.8 Å². The van der Waals surface area contributed by atoms with E-state index >= 15 is 0 Å². The van der Waals surface area contributed by atoms with Crippen molar-refractivity contribution in [1.29, 1.82) is 5.26 Å². The minimum atomic E-state index is 0.733. The molecule has 0 saturated carbocycles. The lowest BCUT2D eigenvalue weighted by Gasteiger charge is -1.96. The highest BCUT2D eigenvalue weighted by Crippen LogP contribution is 2.07. The molecule has 0 aliphatic heterocycles. The van der Waals surface area contributed by atoms with Crippen LogP contribution >= 0.6 is 0 Å². The van der Waals surface area contributed by atoms with Gasteiger partial charge < -0.3 is 0 Å². The second-order valence-electron chi connectivity index (χ2n) is 3.72. The molecule has 0 saturated heterocycles. The maximum Gasteiger partial charge on any atom is 0.0621 e. The Morgan fingerprint density at radius 2 is 1.57 bits per heavy atom.